The number of hydrazine groups is 1. The standard InChI is InChI=1S/C12H15BrN2O4/c1-3-19-7-11(16)14-15-12(17)8-4-5-10(18-2)9(13)6-8/h4-6H,3,7H2,1-2H3,(H,14,16)(H,15,17). The summed E-state index contributed by atoms with van der Waals surface area (Å²) in [4.78, 5) is 23.0. The van der Waals surface area contributed by atoms with Gasteiger partial charge in [0.1, 0.15) is 12.4 Å². The Kier molecular flexibility index (Phi) is 6.31. The maximum absolute atomic E-state index is 11.7. The predicted octanol–water partition coefficient (Wildman–Crippen LogP) is 1.26. The van der Waals surface area contributed by atoms with E-state index in [2.05, 4.69) is 26.8 Å². The third-order valence-electron chi connectivity index (χ3n) is 2.17. The van der Waals surface area contributed by atoms with Gasteiger partial charge in [0, 0.05) is 12.2 Å². The topological polar surface area (TPSA) is 76.7 Å². The van der Waals surface area contributed by atoms with Crippen molar-refractivity contribution >= 4 is 27.7 Å². The van der Waals surface area contributed by atoms with E-state index in [1.54, 1.807) is 25.1 Å². The number of rotatable bonds is 5. The summed E-state index contributed by atoms with van der Waals surface area (Å²) < 4.78 is 10.6. The van der Waals surface area contributed by atoms with Crippen LogP contribution in [0.5, 0.6) is 5.75 Å². The van der Waals surface area contributed by atoms with Gasteiger partial charge in [-0.25, -0.2) is 0 Å². The van der Waals surface area contributed by atoms with Crippen LogP contribution >= 0.6 is 15.9 Å². The third kappa shape index (κ3) is 4.88. The largest absolute Gasteiger partial charge is 0.496 e. The van der Waals surface area contributed by atoms with Crippen LogP contribution in [0.1, 0.15) is 17.3 Å². The van der Waals surface area contributed by atoms with Crippen molar-refractivity contribution in [1.82, 2.24) is 10.9 Å². The van der Waals surface area contributed by atoms with Crippen molar-refractivity contribution in [2.45, 2.75) is 6.92 Å². The molecule has 0 spiro atoms. The summed E-state index contributed by atoms with van der Waals surface area (Å²) in [6.45, 7) is 2.12. The normalized spacial score (nSPS) is 9.84. The van der Waals surface area contributed by atoms with Crippen molar-refractivity contribution in [3.63, 3.8) is 0 Å². The third-order valence-corrected chi connectivity index (χ3v) is 2.79. The van der Waals surface area contributed by atoms with Crippen molar-refractivity contribution < 1.29 is 19.1 Å². The molecule has 0 saturated carbocycles. The number of methoxy groups -OCH3 is 1. The van der Waals surface area contributed by atoms with Crippen molar-refractivity contribution in [3.05, 3.63) is 28.2 Å². The van der Waals surface area contributed by atoms with Gasteiger partial charge in [-0.3, -0.25) is 20.4 Å². The van der Waals surface area contributed by atoms with Crippen LogP contribution in [0.4, 0.5) is 0 Å². The molecule has 0 radical (unpaired) electrons. The molecule has 2 N–H and O–H groups in total. The molecule has 1 rings (SSSR count). The first kappa shape index (κ1) is 15.5. The zero-order chi connectivity index (χ0) is 14.3. The van der Waals surface area contributed by atoms with Crippen LogP contribution < -0.4 is 15.6 Å². The number of hydrogen-bond donors (Lipinski definition) is 2. The van der Waals surface area contributed by atoms with E-state index in [9.17, 15) is 9.59 Å². The Morgan fingerprint density at radius 1 is 1.32 bits per heavy atom. The molecule has 0 saturated heterocycles. The lowest BCUT2D eigenvalue weighted by Crippen LogP contribution is -2.43. The highest BCUT2D eigenvalue weighted by Crippen LogP contribution is 2.25. The summed E-state index contributed by atoms with van der Waals surface area (Å²) >= 11 is 3.28. The van der Waals surface area contributed by atoms with Crippen LogP contribution in [0.2, 0.25) is 0 Å². The van der Waals surface area contributed by atoms with Crippen LogP contribution in [-0.2, 0) is 9.53 Å². The number of carbonyl (C=O) groups excluding carboxylic acids is 2. The Morgan fingerprint density at radius 3 is 2.63 bits per heavy atom. The number of amides is 2. The van der Waals surface area contributed by atoms with E-state index in [1.165, 1.54) is 7.11 Å². The molecule has 0 unspecified atom stereocenters. The van der Waals surface area contributed by atoms with Gasteiger partial charge in [0.25, 0.3) is 11.8 Å². The Labute approximate surface area is 119 Å². The molecule has 0 bridgehead atoms. The SMILES string of the molecule is CCOCC(=O)NNC(=O)c1ccc(OC)c(Br)c1. The van der Waals surface area contributed by atoms with Gasteiger partial charge in [-0.05, 0) is 41.1 Å². The average Bonchev–Trinajstić information content (AvgIpc) is 2.42. The van der Waals surface area contributed by atoms with E-state index in [1.807, 2.05) is 0 Å². The Hall–Kier alpha value is -1.60. The van der Waals surface area contributed by atoms with E-state index in [0.29, 0.717) is 22.4 Å². The van der Waals surface area contributed by atoms with Crippen molar-refractivity contribution in [2.75, 3.05) is 20.3 Å². The molecule has 0 atom stereocenters. The lowest BCUT2D eigenvalue weighted by Gasteiger charge is -2.09. The highest BCUT2D eigenvalue weighted by atomic mass is 79.9. The highest BCUT2D eigenvalue weighted by molar-refractivity contribution is 9.10. The first-order valence-electron chi connectivity index (χ1n) is 5.59. The summed E-state index contributed by atoms with van der Waals surface area (Å²) in [5, 5.41) is 0. The second-order valence-corrected chi connectivity index (χ2v) is 4.34. The molecule has 1 aromatic carbocycles. The molecule has 0 aliphatic heterocycles. The molecule has 0 fully saturated rings. The predicted molar refractivity (Wildman–Crippen MR) is 72.8 cm³/mol. The summed E-state index contributed by atoms with van der Waals surface area (Å²) in [5.41, 5.74) is 4.94. The lowest BCUT2D eigenvalue weighted by atomic mass is 10.2. The Balaban J connectivity index is 2.54. The van der Waals surface area contributed by atoms with E-state index in [0.717, 1.165) is 0 Å². The molecule has 19 heavy (non-hydrogen) atoms. The molecule has 0 aliphatic rings. The number of carbonyl (C=O) groups is 2. The Bertz CT molecular complexity index is 465. The van der Waals surface area contributed by atoms with E-state index in [4.69, 9.17) is 9.47 Å². The van der Waals surface area contributed by atoms with Crippen LogP contribution in [0, 0.1) is 0 Å². The molecule has 7 heteroatoms. The van der Waals surface area contributed by atoms with Crippen LogP contribution in [0.3, 0.4) is 0 Å². The summed E-state index contributed by atoms with van der Waals surface area (Å²) in [6.07, 6.45) is 0. The smallest absolute Gasteiger partial charge is 0.269 e. The van der Waals surface area contributed by atoms with Gasteiger partial charge in [-0.15, -0.1) is 0 Å². The molecular formula is C12H15BrN2O4. The molecule has 0 aliphatic carbocycles. The van der Waals surface area contributed by atoms with Gasteiger partial charge in [0.15, 0.2) is 0 Å². The van der Waals surface area contributed by atoms with Crippen molar-refractivity contribution in [3.8, 4) is 5.75 Å². The molecule has 104 valence electrons. The minimum Gasteiger partial charge on any atom is -0.496 e. The van der Waals surface area contributed by atoms with Crippen LogP contribution in [0.15, 0.2) is 22.7 Å². The fourth-order valence-corrected chi connectivity index (χ4v) is 1.78. The molecular weight excluding hydrogens is 316 g/mol. The van der Waals surface area contributed by atoms with Crippen molar-refractivity contribution in [2.24, 2.45) is 0 Å². The summed E-state index contributed by atoms with van der Waals surface area (Å²) in [6, 6.07) is 4.84. The van der Waals surface area contributed by atoms with Crippen molar-refractivity contribution in [1.29, 1.82) is 0 Å². The average molecular weight is 331 g/mol. The van der Waals surface area contributed by atoms with Gasteiger partial charge < -0.3 is 9.47 Å². The first-order valence-corrected chi connectivity index (χ1v) is 6.38. The fraction of sp³-hybridized carbons (Fsp3) is 0.333. The maximum atomic E-state index is 11.7. The fourth-order valence-electron chi connectivity index (χ4n) is 1.24. The van der Waals surface area contributed by atoms with Gasteiger partial charge in [-0.2, -0.15) is 0 Å². The van der Waals surface area contributed by atoms with Crippen LogP contribution in [0.25, 0.3) is 0 Å². The quantitative estimate of drug-likeness (QED) is 0.797. The molecule has 1 aromatic rings. The number of halogens is 1. The summed E-state index contributed by atoms with van der Waals surface area (Å²) in [7, 11) is 1.54. The molecule has 0 heterocycles. The van der Waals surface area contributed by atoms with E-state index >= 15 is 0 Å². The number of benzene rings is 1. The van der Waals surface area contributed by atoms with E-state index < -0.39 is 11.8 Å². The first-order chi connectivity index (χ1) is 9.08. The second kappa shape index (κ2) is 7.75. The molecule has 0 aromatic heterocycles. The maximum Gasteiger partial charge on any atom is 0.269 e. The van der Waals surface area contributed by atoms with Gasteiger partial charge in [-0.1, -0.05) is 0 Å². The minimum atomic E-state index is -0.423. The number of nitrogens with one attached hydrogen (secondary N) is 2. The van der Waals surface area contributed by atoms with Crippen LogP contribution in [-0.4, -0.2) is 32.1 Å². The van der Waals surface area contributed by atoms with E-state index in [-0.39, 0.29) is 6.61 Å². The minimum absolute atomic E-state index is 0.0942. The second-order valence-electron chi connectivity index (χ2n) is 3.49. The lowest BCUT2D eigenvalue weighted by molar-refractivity contribution is -0.126. The highest BCUT2D eigenvalue weighted by Gasteiger charge is 2.09. The zero-order valence-electron chi connectivity index (χ0n) is 10.7. The monoisotopic (exact) mass is 330 g/mol. The van der Waals surface area contributed by atoms with Gasteiger partial charge in [0.2, 0.25) is 0 Å². The number of hydrogen-bond acceptors (Lipinski definition) is 4. The Morgan fingerprint density at radius 2 is 2.05 bits per heavy atom. The number of ether oxygens (including phenoxy) is 2. The van der Waals surface area contributed by atoms with Gasteiger partial charge in [0.05, 0.1) is 11.6 Å². The van der Waals surface area contributed by atoms with Gasteiger partial charge >= 0.3 is 0 Å². The molecule has 6 nitrogen and oxygen atoms in total. The molecule has 2 amide bonds. The zero-order valence-corrected chi connectivity index (χ0v) is 12.2. The summed E-state index contributed by atoms with van der Waals surface area (Å²) in [5.74, 6) is -0.215.